The molecule has 0 bridgehead atoms. The molecular weight excluding hydrogens is 242 g/mol. The summed E-state index contributed by atoms with van der Waals surface area (Å²) < 4.78 is 0. The van der Waals surface area contributed by atoms with E-state index in [1.807, 2.05) is 0 Å². The van der Waals surface area contributed by atoms with Crippen LogP contribution in [0.2, 0.25) is 0 Å². The molecule has 0 aromatic carbocycles. The van der Waals surface area contributed by atoms with Crippen molar-refractivity contribution in [2.24, 2.45) is 0 Å². The van der Waals surface area contributed by atoms with Gasteiger partial charge in [0.05, 0.1) is 0 Å². The Morgan fingerprint density at radius 2 is 1.05 bits per heavy atom. The van der Waals surface area contributed by atoms with E-state index in [0.717, 1.165) is 0 Å². The molecule has 20 heavy (non-hydrogen) atoms. The monoisotopic (exact) mass is 283 g/mol. The Bertz CT molecular complexity index is 192. The Labute approximate surface area is 129 Å². The highest BCUT2D eigenvalue weighted by molar-refractivity contribution is 4.81. The number of hydrogen-bond acceptors (Lipinski definition) is 1. The van der Waals surface area contributed by atoms with Crippen LogP contribution in [-0.4, -0.2) is 23.5 Å². The molecule has 0 rings (SSSR count). The second-order valence-electron chi connectivity index (χ2n) is 7.02. The molecule has 0 saturated heterocycles. The highest BCUT2D eigenvalue weighted by Crippen LogP contribution is 2.23. The fourth-order valence-corrected chi connectivity index (χ4v) is 3.11. The van der Waals surface area contributed by atoms with Crippen LogP contribution in [0.4, 0.5) is 0 Å². The topological polar surface area (TPSA) is 3.24 Å². The van der Waals surface area contributed by atoms with Crippen LogP contribution < -0.4 is 0 Å². The van der Waals surface area contributed by atoms with Gasteiger partial charge in [-0.15, -0.1) is 0 Å². The lowest BCUT2D eigenvalue weighted by molar-refractivity contribution is 0.108. The van der Waals surface area contributed by atoms with Gasteiger partial charge in [0, 0.05) is 5.54 Å². The summed E-state index contributed by atoms with van der Waals surface area (Å²) in [6.45, 7) is 14.3. The summed E-state index contributed by atoms with van der Waals surface area (Å²) in [7, 11) is 0. The third-order valence-electron chi connectivity index (χ3n) is 4.49. The van der Waals surface area contributed by atoms with E-state index < -0.39 is 0 Å². The summed E-state index contributed by atoms with van der Waals surface area (Å²) in [4.78, 5) is 2.70. The molecule has 0 heterocycles. The normalized spacial score (nSPS) is 12.3. The third-order valence-corrected chi connectivity index (χ3v) is 4.49. The van der Waals surface area contributed by atoms with Crippen LogP contribution in [0.5, 0.6) is 0 Å². The zero-order chi connectivity index (χ0) is 15.3. The summed E-state index contributed by atoms with van der Waals surface area (Å²) >= 11 is 0. The number of hydrogen-bond donors (Lipinski definition) is 0. The average molecular weight is 284 g/mol. The molecule has 122 valence electrons. The van der Waals surface area contributed by atoms with Gasteiger partial charge in [0.15, 0.2) is 0 Å². The Morgan fingerprint density at radius 1 is 0.600 bits per heavy atom. The van der Waals surface area contributed by atoms with Crippen molar-refractivity contribution in [2.75, 3.05) is 13.1 Å². The highest BCUT2D eigenvalue weighted by atomic mass is 15.2. The van der Waals surface area contributed by atoms with Crippen LogP contribution in [0.1, 0.15) is 105 Å². The van der Waals surface area contributed by atoms with Gasteiger partial charge >= 0.3 is 0 Å². The predicted octanol–water partition coefficient (Wildman–Crippen LogP) is 6.42. The SMILES string of the molecule is CCCCCCCCCCC(C)(C)N(CCC)CCC. The van der Waals surface area contributed by atoms with E-state index in [2.05, 4.69) is 39.5 Å². The second kappa shape index (κ2) is 12.7. The Morgan fingerprint density at radius 3 is 1.50 bits per heavy atom. The molecule has 0 N–H and O–H groups in total. The van der Waals surface area contributed by atoms with E-state index in [-0.39, 0.29) is 0 Å². The van der Waals surface area contributed by atoms with Crippen LogP contribution in [0.3, 0.4) is 0 Å². The van der Waals surface area contributed by atoms with Crippen LogP contribution in [-0.2, 0) is 0 Å². The van der Waals surface area contributed by atoms with Gasteiger partial charge in [-0.05, 0) is 46.2 Å². The summed E-state index contributed by atoms with van der Waals surface area (Å²) in [5.74, 6) is 0. The minimum atomic E-state index is 0.397. The molecule has 1 nitrogen and oxygen atoms in total. The zero-order valence-corrected chi connectivity index (χ0v) is 15.1. The fraction of sp³-hybridized carbons (Fsp3) is 1.00. The molecule has 0 aromatic heterocycles. The van der Waals surface area contributed by atoms with Gasteiger partial charge in [0.2, 0.25) is 0 Å². The maximum atomic E-state index is 2.70. The van der Waals surface area contributed by atoms with Gasteiger partial charge in [0.25, 0.3) is 0 Å². The average Bonchev–Trinajstić information content (AvgIpc) is 2.41. The highest BCUT2D eigenvalue weighted by Gasteiger charge is 2.24. The molecule has 1 heteroatoms. The van der Waals surface area contributed by atoms with Crippen molar-refractivity contribution in [1.29, 1.82) is 0 Å². The molecular formula is C19H41N. The summed E-state index contributed by atoms with van der Waals surface area (Å²) in [5, 5.41) is 0. The lowest BCUT2D eigenvalue weighted by Gasteiger charge is -2.38. The van der Waals surface area contributed by atoms with Gasteiger partial charge in [0.1, 0.15) is 0 Å². The lowest BCUT2D eigenvalue weighted by Crippen LogP contribution is -2.44. The molecule has 0 aliphatic carbocycles. The Hall–Kier alpha value is -0.0400. The second-order valence-corrected chi connectivity index (χ2v) is 7.02. The molecule has 0 atom stereocenters. The number of nitrogens with zero attached hydrogens (tertiary/aromatic N) is 1. The van der Waals surface area contributed by atoms with Crippen molar-refractivity contribution in [3.63, 3.8) is 0 Å². The summed E-state index contributed by atoms with van der Waals surface area (Å²) in [6, 6.07) is 0. The van der Waals surface area contributed by atoms with Crippen LogP contribution in [0.15, 0.2) is 0 Å². The van der Waals surface area contributed by atoms with Gasteiger partial charge in [-0.2, -0.15) is 0 Å². The molecule has 0 fully saturated rings. The quantitative estimate of drug-likeness (QED) is 0.333. The van der Waals surface area contributed by atoms with Crippen molar-refractivity contribution in [2.45, 2.75) is 111 Å². The minimum absolute atomic E-state index is 0.397. The Kier molecular flexibility index (Phi) is 12.7. The molecule has 0 aliphatic heterocycles. The molecule has 0 aliphatic rings. The van der Waals surface area contributed by atoms with E-state index in [1.165, 1.54) is 83.7 Å². The molecule has 0 unspecified atom stereocenters. The molecule has 0 aromatic rings. The largest absolute Gasteiger partial charge is 0.298 e. The zero-order valence-electron chi connectivity index (χ0n) is 15.1. The minimum Gasteiger partial charge on any atom is -0.298 e. The van der Waals surface area contributed by atoms with Crippen molar-refractivity contribution in [1.82, 2.24) is 4.90 Å². The van der Waals surface area contributed by atoms with Crippen molar-refractivity contribution in [3.05, 3.63) is 0 Å². The van der Waals surface area contributed by atoms with Crippen molar-refractivity contribution >= 4 is 0 Å². The standard InChI is InChI=1S/C19H41N/c1-6-9-10-11-12-13-14-15-16-19(4,5)20(17-7-2)18-8-3/h6-18H2,1-5H3. The first-order valence-corrected chi connectivity index (χ1v) is 9.33. The van der Waals surface area contributed by atoms with Gasteiger partial charge in [-0.1, -0.05) is 72.1 Å². The Balaban J connectivity index is 3.73. The molecule has 0 saturated carbocycles. The fourth-order valence-electron chi connectivity index (χ4n) is 3.11. The first-order valence-electron chi connectivity index (χ1n) is 9.33. The van der Waals surface area contributed by atoms with Crippen molar-refractivity contribution < 1.29 is 0 Å². The van der Waals surface area contributed by atoms with E-state index >= 15 is 0 Å². The maximum Gasteiger partial charge on any atom is 0.0153 e. The van der Waals surface area contributed by atoms with Gasteiger partial charge < -0.3 is 0 Å². The van der Waals surface area contributed by atoms with Crippen LogP contribution >= 0.6 is 0 Å². The van der Waals surface area contributed by atoms with Gasteiger partial charge in [-0.3, -0.25) is 4.90 Å². The van der Waals surface area contributed by atoms with Crippen LogP contribution in [0, 0.1) is 0 Å². The third kappa shape index (κ3) is 9.80. The number of rotatable bonds is 14. The first-order chi connectivity index (χ1) is 9.58. The molecule has 0 radical (unpaired) electrons. The summed E-state index contributed by atoms with van der Waals surface area (Å²) in [6.07, 6.45) is 15.3. The molecule has 0 amide bonds. The smallest absolute Gasteiger partial charge is 0.0153 e. The van der Waals surface area contributed by atoms with Crippen LogP contribution in [0.25, 0.3) is 0 Å². The first kappa shape index (κ1) is 20.0. The summed E-state index contributed by atoms with van der Waals surface area (Å²) in [5.41, 5.74) is 0.397. The predicted molar refractivity (Wildman–Crippen MR) is 93.5 cm³/mol. The number of unbranched alkanes of at least 4 members (excludes halogenated alkanes) is 7. The van der Waals surface area contributed by atoms with Gasteiger partial charge in [-0.25, -0.2) is 0 Å². The maximum absolute atomic E-state index is 2.70. The van der Waals surface area contributed by atoms with E-state index in [4.69, 9.17) is 0 Å². The lowest BCUT2D eigenvalue weighted by atomic mass is 9.93. The van der Waals surface area contributed by atoms with E-state index in [1.54, 1.807) is 0 Å². The van der Waals surface area contributed by atoms with E-state index in [9.17, 15) is 0 Å². The van der Waals surface area contributed by atoms with E-state index in [0.29, 0.717) is 5.54 Å². The van der Waals surface area contributed by atoms with Crippen molar-refractivity contribution in [3.8, 4) is 0 Å². The molecule has 0 spiro atoms.